The monoisotopic (exact) mass is 565 g/mol. The van der Waals surface area contributed by atoms with Crippen LogP contribution in [0.2, 0.25) is 0 Å². The third kappa shape index (κ3) is 4.80. The first-order chi connectivity index (χ1) is 18.8. The number of nitrogens with zero attached hydrogens (tertiary/aromatic N) is 3. The van der Waals surface area contributed by atoms with Gasteiger partial charge in [0.2, 0.25) is 0 Å². The highest BCUT2D eigenvalue weighted by Crippen LogP contribution is 2.42. The second kappa shape index (κ2) is 9.72. The summed E-state index contributed by atoms with van der Waals surface area (Å²) >= 11 is 0. The smallest absolute Gasteiger partial charge is 0.416 e. The lowest BCUT2D eigenvalue weighted by Crippen LogP contribution is -2.57. The van der Waals surface area contributed by atoms with Crippen molar-refractivity contribution in [2.24, 2.45) is 0 Å². The molecule has 40 heavy (non-hydrogen) atoms. The van der Waals surface area contributed by atoms with E-state index < -0.39 is 52.4 Å². The lowest BCUT2D eigenvalue weighted by Gasteiger charge is -2.42. The topological polar surface area (TPSA) is 74.1 Å². The van der Waals surface area contributed by atoms with Crippen molar-refractivity contribution in [2.45, 2.75) is 37.3 Å². The summed E-state index contributed by atoms with van der Waals surface area (Å²) in [6.07, 6.45) is -8.98. The Morgan fingerprint density at radius 3 is 1.98 bits per heavy atom. The predicted octanol–water partition coefficient (Wildman–Crippen LogP) is 5.96. The molecule has 0 saturated carbocycles. The molecule has 3 aromatic rings. The molecule has 3 heterocycles. The van der Waals surface area contributed by atoms with Gasteiger partial charge in [-0.3, -0.25) is 19.4 Å². The number of anilines is 1. The molecule has 13 heteroatoms. The summed E-state index contributed by atoms with van der Waals surface area (Å²) in [4.78, 5) is 43.8. The number of piperidine rings is 1. The van der Waals surface area contributed by atoms with Crippen molar-refractivity contribution in [1.82, 2.24) is 9.80 Å². The van der Waals surface area contributed by atoms with Crippen LogP contribution < -0.4 is 4.90 Å². The lowest BCUT2D eigenvalue weighted by molar-refractivity contribution is -0.143. The van der Waals surface area contributed by atoms with Crippen molar-refractivity contribution in [2.75, 3.05) is 18.0 Å². The van der Waals surface area contributed by atoms with Crippen molar-refractivity contribution in [1.29, 1.82) is 0 Å². The number of amides is 4. The standard InChI is InChI=1S/C27H21F6N3O4/c28-26(29,30)18-13-17(14-19(15-18)27(31,32)33)22(37)34-10-8-25(9-11-34)23(38)35(16-21-7-4-12-40-21)24(39)36(25)20-5-2-1-3-6-20/h1-7,12-15H,8-11,16H2. The number of imide groups is 1. The Bertz CT molecular complexity index is 1400. The number of alkyl halides is 6. The van der Waals surface area contributed by atoms with Crippen LogP contribution in [0.1, 0.15) is 40.1 Å². The Hall–Kier alpha value is -4.29. The summed E-state index contributed by atoms with van der Waals surface area (Å²) in [5, 5.41) is 0. The fraction of sp³-hybridized carbons (Fsp3) is 0.296. The zero-order chi connectivity index (χ0) is 28.9. The van der Waals surface area contributed by atoms with E-state index in [4.69, 9.17) is 4.42 Å². The molecule has 7 nitrogen and oxygen atoms in total. The number of carbonyl (C=O) groups excluding carboxylic acids is 3. The number of hydrogen-bond donors (Lipinski definition) is 0. The van der Waals surface area contributed by atoms with E-state index in [0.717, 1.165) is 9.80 Å². The van der Waals surface area contributed by atoms with Gasteiger partial charge in [0.05, 0.1) is 23.9 Å². The molecule has 4 amide bonds. The van der Waals surface area contributed by atoms with E-state index in [1.165, 1.54) is 11.2 Å². The van der Waals surface area contributed by atoms with Crippen LogP contribution in [0.3, 0.4) is 0 Å². The molecule has 1 spiro atoms. The van der Waals surface area contributed by atoms with Gasteiger partial charge >= 0.3 is 18.4 Å². The van der Waals surface area contributed by atoms with Crippen molar-refractivity contribution in [3.63, 3.8) is 0 Å². The summed E-state index contributed by atoms with van der Waals surface area (Å²) in [5.74, 6) is -1.21. The van der Waals surface area contributed by atoms with Crippen LogP contribution in [0.5, 0.6) is 0 Å². The SMILES string of the molecule is O=C(c1cc(C(F)(F)F)cc(C(F)(F)F)c1)N1CCC2(CC1)C(=O)N(Cc1ccco1)C(=O)N2c1ccccc1. The Morgan fingerprint density at radius 1 is 0.850 bits per heavy atom. The highest BCUT2D eigenvalue weighted by molar-refractivity contribution is 6.17. The number of hydrogen-bond acceptors (Lipinski definition) is 4. The number of para-hydroxylation sites is 1. The number of benzene rings is 2. The van der Waals surface area contributed by atoms with Gasteiger partial charge in [-0.1, -0.05) is 18.2 Å². The molecule has 5 rings (SSSR count). The molecule has 0 bridgehead atoms. The molecule has 2 saturated heterocycles. The zero-order valence-electron chi connectivity index (χ0n) is 20.6. The van der Waals surface area contributed by atoms with Crippen molar-refractivity contribution in [3.05, 3.63) is 89.4 Å². The molecule has 0 radical (unpaired) electrons. The molecule has 2 aliphatic heterocycles. The molecule has 0 atom stereocenters. The van der Waals surface area contributed by atoms with Gasteiger partial charge in [0.1, 0.15) is 11.3 Å². The Balaban J connectivity index is 1.44. The van der Waals surface area contributed by atoms with Gasteiger partial charge in [-0.2, -0.15) is 26.3 Å². The van der Waals surface area contributed by atoms with Crippen LogP contribution in [-0.4, -0.2) is 46.3 Å². The molecule has 1 aromatic heterocycles. The lowest BCUT2D eigenvalue weighted by atomic mass is 9.85. The van der Waals surface area contributed by atoms with E-state index >= 15 is 0 Å². The van der Waals surface area contributed by atoms with Crippen molar-refractivity contribution < 1.29 is 45.1 Å². The molecule has 210 valence electrons. The molecule has 0 N–H and O–H groups in total. The molecule has 2 aliphatic rings. The van der Waals surface area contributed by atoms with Gasteiger partial charge in [0.25, 0.3) is 11.8 Å². The summed E-state index contributed by atoms with van der Waals surface area (Å²) < 4.78 is 85.2. The van der Waals surface area contributed by atoms with Crippen molar-refractivity contribution in [3.8, 4) is 0 Å². The molecule has 0 unspecified atom stereocenters. The first-order valence-electron chi connectivity index (χ1n) is 12.1. The first-order valence-corrected chi connectivity index (χ1v) is 12.1. The predicted molar refractivity (Wildman–Crippen MR) is 128 cm³/mol. The second-order valence-electron chi connectivity index (χ2n) is 9.54. The fourth-order valence-electron chi connectivity index (χ4n) is 5.15. The number of rotatable bonds is 4. The van der Waals surface area contributed by atoms with Gasteiger partial charge in [0, 0.05) is 24.3 Å². The zero-order valence-corrected chi connectivity index (χ0v) is 20.6. The fourth-order valence-corrected chi connectivity index (χ4v) is 5.15. The third-order valence-electron chi connectivity index (χ3n) is 7.11. The maximum Gasteiger partial charge on any atom is 0.416 e. The Labute approximate surface area is 223 Å². The number of likely N-dealkylation sites (tertiary alicyclic amines) is 1. The number of urea groups is 1. The van der Waals surface area contributed by atoms with E-state index in [1.54, 1.807) is 42.5 Å². The minimum absolute atomic E-state index is 0.0455. The summed E-state index contributed by atoms with van der Waals surface area (Å²) in [7, 11) is 0. The van der Waals surface area contributed by atoms with Crippen LogP contribution in [0.25, 0.3) is 0 Å². The van der Waals surface area contributed by atoms with Gasteiger partial charge in [-0.15, -0.1) is 0 Å². The molecule has 2 fully saturated rings. The molecule has 2 aromatic carbocycles. The average Bonchev–Trinajstić information content (AvgIpc) is 3.50. The summed E-state index contributed by atoms with van der Waals surface area (Å²) in [6, 6.07) is 11.7. The van der Waals surface area contributed by atoms with Gasteiger partial charge < -0.3 is 9.32 Å². The van der Waals surface area contributed by atoms with Crippen LogP contribution in [0.4, 0.5) is 36.8 Å². The van der Waals surface area contributed by atoms with E-state index in [-0.39, 0.29) is 38.5 Å². The second-order valence-corrected chi connectivity index (χ2v) is 9.54. The minimum atomic E-state index is -5.10. The number of furan rings is 1. The third-order valence-corrected chi connectivity index (χ3v) is 7.11. The maximum atomic E-state index is 13.7. The van der Waals surface area contributed by atoms with Crippen LogP contribution in [0.15, 0.2) is 71.3 Å². The van der Waals surface area contributed by atoms with Gasteiger partial charge in [-0.05, 0) is 55.3 Å². The van der Waals surface area contributed by atoms with Crippen molar-refractivity contribution >= 4 is 23.5 Å². The van der Waals surface area contributed by atoms with Crippen LogP contribution in [0, 0.1) is 0 Å². The largest absolute Gasteiger partial charge is 0.467 e. The Morgan fingerprint density at radius 2 is 1.45 bits per heavy atom. The first kappa shape index (κ1) is 27.3. The highest BCUT2D eigenvalue weighted by atomic mass is 19.4. The normalized spacial score (nSPS) is 17.7. The molecular formula is C27H21F6N3O4. The van der Waals surface area contributed by atoms with E-state index in [0.29, 0.717) is 23.6 Å². The van der Waals surface area contributed by atoms with Crippen LogP contribution in [-0.2, 0) is 23.7 Å². The van der Waals surface area contributed by atoms with E-state index in [9.17, 15) is 40.7 Å². The number of halogens is 6. The minimum Gasteiger partial charge on any atom is -0.467 e. The van der Waals surface area contributed by atoms with Gasteiger partial charge in [-0.25, -0.2) is 4.79 Å². The summed E-state index contributed by atoms with van der Waals surface area (Å²) in [6.45, 7) is -0.510. The number of carbonyl (C=O) groups is 3. The average molecular weight is 565 g/mol. The molecule has 0 aliphatic carbocycles. The van der Waals surface area contributed by atoms with Gasteiger partial charge in [0.15, 0.2) is 0 Å². The Kier molecular flexibility index (Phi) is 6.63. The molecular weight excluding hydrogens is 544 g/mol. The van der Waals surface area contributed by atoms with Crippen LogP contribution >= 0.6 is 0 Å². The van der Waals surface area contributed by atoms with E-state index in [2.05, 4.69) is 0 Å². The summed E-state index contributed by atoms with van der Waals surface area (Å²) in [5.41, 5.74) is -4.95. The highest BCUT2D eigenvalue weighted by Gasteiger charge is 2.59. The quantitative estimate of drug-likeness (QED) is 0.289. The maximum absolute atomic E-state index is 13.7. The van der Waals surface area contributed by atoms with E-state index in [1.807, 2.05) is 0 Å².